The molecule has 3 rings (SSSR count). The molecule has 27 heavy (non-hydrogen) atoms. The van der Waals surface area contributed by atoms with Crippen LogP contribution in [0.5, 0.6) is 0 Å². The van der Waals surface area contributed by atoms with Gasteiger partial charge >= 0.3 is 5.69 Å². The number of anilines is 1. The molecule has 1 amide bonds. The smallest absolute Gasteiger partial charge is 0.323 e. The predicted octanol–water partition coefficient (Wildman–Crippen LogP) is 2.66. The minimum Gasteiger partial charge on any atom is -0.323 e. The molecule has 1 heterocycles. The monoisotopic (exact) mass is 383 g/mol. The van der Waals surface area contributed by atoms with Gasteiger partial charge in [0, 0.05) is 12.3 Å². The van der Waals surface area contributed by atoms with E-state index in [1.54, 1.807) is 12.1 Å². The van der Waals surface area contributed by atoms with Crippen molar-refractivity contribution >= 4 is 23.2 Å². The fraction of sp³-hybridized carbons (Fsp3) is 0.150. The molecule has 0 saturated carbocycles. The molecule has 0 aliphatic carbocycles. The van der Waals surface area contributed by atoms with Crippen LogP contribution >= 0.6 is 11.6 Å². The molecule has 0 aliphatic heterocycles. The third kappa shape index (κ3) is 4.54. The molecule has 0 bridgehead atoms. The maximum atomic E-state index is 12.6. The summed E-state index contributed by atoms with van der Waals surface area (Å²) >= 11 is 6.11. The number of benzene rings is 2. The Hall–Kier alpha value is -3.12. The van der Waals surface area contributed by atoms with Crippen LogP contribution in [0.25, 0.3) is 0 Å². The van der Waals surface area contributed by atoms with Crippen LogP contribution in [0.3, 0.4) is 0 Å². The molecule has 2 aromatic carbocycles. The SMILES string of the molecule is Cc1ccc(NC(=O)Cn2c(=O)ccn(Cc3ccccc3)c2=O)c(Cl)c1. The van der Waals surface area contributed by atoms with Crippen LogP contribution in [-0.2, 0) is 17.9 Å². The van der Waals surface area contributed by atoms with Crippen molar-refractivity contribution in [3.05, 3.63) is 97.8 Å². The van der Waals surface area contributed by atoms with E-state index in [-0.39, 0.29) is 0 Å². The molecule has 0 saturated heterocycles. The van der Waals surface area contributed by atoms with Crippen molar-refractivity contribution in [3.8, 4) is 0 Å². The molecule has 0 spiro atoms. The molecule has 1 aromatic heterocycles. The first-order valence-corrected chi connectivity index (χ1v) is 8.72. The van der Waals surface area contributed by atoms with Gasteiger partial charge in [-0.25, -0.2) is 4.79 Å². The lowest BCUT2D eigenvalue weighted by molar-refractivity contribution is -0.116. The van der Waals surface area contributed by atoms with Crippen molar-refractivity contribution in [3.63, 3.8) is 0 Å². The molecule has 0 atom stereocenters. The van der Waals surface area contributed by atoms with Gasteiger partial charge in [-0.05, 0) is 30.2 Å². The molecule has 0 unspecified atom stereocenters. The normalized spacial score (nSPS) is 10.6. The second-order valence-corrected chi connectivity index (χ2v) is 6.57. The predicted molar refractivity (Wildman–Crippen MR) is 105 cm³/mol. The van der Waals surface area contributed by atoms with Crippen LogP contribution in [-0.4, -0.2) is 15.0 Å². The number of halogens is 1. The van der Waals surface area contributed by atoms with Gasteiger partial charge in [-0.2, -0.15) is 0 Å². The van der Waals surface area contributed by atoms with E-state index in [2.05, 4.69) is 5.32 Å². The fourth-order valence-electron chi connectivity index (χ4n) is 2.66. The van der Waals surface area contributed by atoms with Gasteiger partial charge in [-0.1, -0.05) is 48.0 Å². The van der Waals surface area contributed by atoms with Crippen LogP contribution in [0.4, 0.5) is 5.69 Å². The van der Waals surface area contributed by atoms with Crippen molar-refractivity contribution in [2.75, 3.05) is 5.32 Å². The summed E-state index contributed by atoms with van der Waals surface area (Å²) in [4.78, 5) is 37.0. The quantitative estimate of drug-likeness (QED) is 0.736. The minimum absolute atomic E-state index is 0.311. The molecule has 0 fully saturated rings. The molecule has 138 valence electrons. The standard InChI is InChI=1S/C20H18ClN3O3/c1-14-7-8-17(16(21)11-14)22-18(25)13-24-19(26)9-10-23(20(24)27)12-15-5-3-2-4-6-15/h2-11H,12-13H2,1H3,(H,22,25). The number of carbonyl (C=O) groups excluding carboxylic acids is 1. The summed E-state index contributed by atoms with van der Waals surface area (Å²) in [6.45, 7) is 1.80. The Morgan fingerprint density at radius 3 is 2.52 bits per heavy atom. The number of nitrogens with zero attached hydrogens (tertiary/aromatic N) is 2. The van der Waals surface area contributed by atoms with Crippen molar-refractivity contribution in [1.82, 2.24) is 9.13 Å². The summed E-state index contributed by atoms with van der Waals surface area (Å²) in [5.74, 6) is -0.502. The van der Waals surface area contributed by atoms with Crippen molar-refractivity contribution in [1.29, 1.82) is 0 Å². The largest absolute Gasteiger partial charge is 0.331 e. The van der Waals surface area contributed by atoms with E-state index in [4.69, 9.17) is 11.6 Å². The number of hydrogen-bond acceptors (Lipinski definition) is 3. The lowest BCUT2D eigenvalue weighted by atomic mass is 10.2. The van der Waals surface area contributed by atoms with Gasteiger partial charge in [-0.3, -0.25) is 18.7 Å². The summed E-state index contributed by atoms with van der Waals surface area (Å²) in [6.07, 6.45) is 1.43. The Morgan fingerprint density at radius 2 is 1.81 bits per heavy atom. The highest BCUT2D eigenvalue weighted by Gasteiger charge is 2.12. The maximum Gasteiger partial charge on any atom is 0.331 e. The van der Waals surface area contributed by atoms with Gasteiger partial charge in [0.2, 0.25) is 5.91 Å². The zero-order valence-corrected chi connectivity index (χ0v) is 15.4. The minimum atomic E-state index is -0.545. The Balaban J connectivity index is 1.81. The van der Waals surface area contributed by atoms with Gasteiger partial charge in [-0.15, -0.1) is 0 Å². The summed E-state index contributed by atoms with van der Waals surface area (Å²) in [5.41, 5.74) is 1.23. The van der Waals surface area contributed by atoms with E-state index in [1.807, 2.05) is 43.3 Å². The van der Waals surface area contributed by atoms with Crippen LogP contribution in [0, 0.1) is 6.92 Å². The Bertz CT molecular complexity index is 1090. The zero-order valence-electron chi connectivity index (χ0n) is 14.7. The fourth-order valence-corrected chi connectivity index (χ4v) is 2.94. The first kappa shape index (κ1) is 18.7. The number of aromatic nitrogens is 2. The van der Waals surface area contributed by atoms with E-state index in [1.165, 1.54) is 16.8 Å². The van der Waals surface area contributed by atoms with E-state index >= 15 is 0 Å². The zero-order chi connectivity index (χ0) is 19.4. The van der Waals surface area contributed by atoms with Crippen LogP contribution in [0.1, 0.15) is 11.1 Å². The first-order chi connectivity index (χ1) is 12.9. The van der Waals surface area contributed by atoms with Crippen LogP contribution < -0.4 is 16.6 Å². The van der Waals surface area contributed by atoms with E-state index in [0.717, 1.165) is 15.7 Å². The van der Waals surface area contributed by atoms with Gasteiger partial charge in [0.1, 0.15) is 6.54 Å². The lowest BCUT2D eigenvalue weighted by Gasteiger charge is -2.11. The summed E-state index contributed by atoms with van der Waals surface area (Å²) in [6, 6.07) is 15.9. The topological polar surface area (TPSA) is 73.1 Å². The number of carbonyl (C=O) groups is 1. The van der Waals surface area contributed by atoms with Gasteiger partial charge in [0.05, 0.1) is 17.3 Å². The molecule has 0 radical (unpaired) electrons. The Labute approximate surface area is 160 Å². The van der Waals surface area contributed by atoms with E-state index < -0.39 is 23.7 Å². The molecular weight excluding hydrogens is 366 g/mol. The molecule has 1 N–H and O–H groups in total. The summed E-state index contributed by atoms with van der Waals surface area (Å²) < 4.78 is 2.29. The molecule has 0 aliphatic rings. The average Bonchev–Trinajstić information content (AvgIpc) is 2.64. The van der Waals surface area contributed by atoms with Crippen molar-refractivity contribution in [2.45, 2.75) is 20.0 Å². The summed E-state index contributed by atoms with van der Waals surface area (Å²) in [7, 11) is 0. The van der Waals surface area contributed by atoms with Gasteiger partial charge in [0.15, 0.2) is 0 Å². The molecule has 3 aromatic rings. The second-order valence-electron chi connectivity index (χ2n) is 6.17. The average molecular weight is 384 g/mol. The van der Waals surface area contributed by atoms with Gasteiger partial charge in [0.25, 0.3) is 5.56 Å². The highest BCUT2D eigenvalue weighted by atomic mass is 35.5. The number of rotatable bonds is 5. The van der Waals surface area contributed by atoms with Crippen molar-refractivity contribution < 1.29 is 4.79 Å². The van der Waals surface area contributed by atoms with Gasteiger partial charge < -0.3 is 5.32 Å². The molecule has 6 nitrogen and oxygen atoms in total. The highest BCUT2D eigenvalue weighted by molar-refractivity contribution is 6.33. The number of amides is 1. The van der Waals surface area contributed by atoms with Crippen LogP contribution in [0.15, 0.2) is 70.4 Å². The lowest BCUT2D eigenvalue weighted by Crippen LogP contribution is -2.41. The maximum absolute atomic E-state index is 12.6. The van der Waals surface area contributed by atoms with E-state index in [0.29, 0.717) is 17.3 Å². The number of nitrogens with one attached hydrogen (secondary N) is 1. The third-order valence-corrected chi connectivity index (χ3v) is 4.35. The highest BCUT2D eigenvalue weighted by Crippen LogP contribution is 2.22. The molecular formula is C20H18ClN3O3. The Kier molecular flexibility index (Phi) is 5.57. The van der Waals surface area contributed by atoms with E-state index in [9.17, 15) is 14.4 Å². The van der Waals surface area contributed by atoms with Crippen LogP contribution in [0.2, 0.25) is 5.02 Å². The number of hydrogen-bond donors (Lipinski definition) is 1. The van der Waals surface area contributed by atoms with Crippen molar-refractivity contribution in [2.24, 2.45) is 0 Å². The number of aryl methyl sites for hydroxylation is 1. The first-order valence-electron chi connectivity index (χ1n) is 8.34. The third-order valence-electron chi connectivity index (χ3n) is 4.04. The molecule has 7 heteroatoms. The summed E-state index contributed by atoms with van der Waals surface area (Å²) in [5, 5.41) is 3.02. The Morgan fingerprint density at radius 1 is 1.07 bits per heavy atom. The second kappa shape index (κ2) is 8.05.